The molecule has 3 rings (SSSR count). The van der Waals surface area contributed by atoms with E-state index in [1.165, 1.54) is 18.1 Å². The van der Waals surface area contributed by atoms with Crippen molar-refractivity contribution in [1.82, 2.24) is 9.97 Å². The van der Waals surface area contributed by atoms with Gasteiger partial charge in [-0.3, -0.25) is 4.79 Å². The first kappa shape index (κ1) is 14.9. The molecule has 6 heteroatoms. The first-order chi connectivity index (χ1) is 10.6. The first-order valence-electron chi connectivity index (χ1n) is 6.80. The molecule has 0 aliphatic carbocycles. The summed E-state index contributed by atoms with van der Waals surface area (Å²) < 4.78 is 5.83. The number of thiophene rings is 1. The summed E-state index contributed by atoms with van der Waals surface area (Å²) in [5.74, 6) is 0.901. The smallest absolute Gasteiger partial charge is 0.231 e. The maximum atomic E-state index is 11.4. The zero-order chi connectivity index (χ0) is 15.7. The number of aromatic nitrogens is 2. The standard InChI is InChI=1S/C16H13ClN2O2S/c1-3-11-7-12-15(18-8-19-16(12)22-11)21-14-5-4-10(9(2)20)6-13(14)17/h4-8H,3H2,1-2H3. The van der Waals surface area contributed by atoms with Crippen molar-refractivity contribution in [3.05, 3.63) is 46.1 Å². The molecule has 1 aromatic carbocycles. The van der Waals surface area contributed by atoms with E-state index in [0.717, 1.165) is 16.6 Å². The molecule has 0 N–H and O–H groups in total. The third-order valence-electron chi connectivity index (χ3n) is 3.24. The molecule has 3 aromatic rings. The van der Waals surface area contributed by atoms with E-state index in [2.05, 4.69) is 16.9 Å². The maximum absolute atomic E-state index is 11.4. The molecule has 0 aliphatic heterocycles. The number of halogens is 1. The van der Waals surface area contributed by atoms with Crippen LogP contribution in [0, 0.1) is 0 Å². The Hall–Kier alpha value is -1.98. The summed E-state index contributed by atoms with van der Waals surface area (Å²) in [6.45, 7) is 3.59. The van der Waals surface area contributed by atoms with Crippen LogP contribution in [0.5, 0.6) is 11.6 Å². The van der Waals surface area contributed by atoms with E-state index in [4.69, 9.17) is 16.3 Å². The second-order valence-electron chi connectivity index (χ2n) is 4.77. The van der Waals surface area contributed by atoms with Gasteiger partial charge in [-0.1, -0.05) is 18.5 Å². The average Bonchev–Trinajstić information content (AvgIpc) is 2.93. The Balaban J connectivity index is 1.99. The zero-order valence-electron chi connectivity index (χ0n) is 12.1. The number of nitrogens with zero attached hydrogens (tertiary/aromatic N) is 2. The molecule has 0 amide bonds. The monoisotopic (exact) mass is 332 g/mol. The van der Waals surface area contributed by atoms with Crippen LogP contribution in [0.25, 0.3) is 10.2 Å². The Morgan fingerprint density at radius 1 is 1.32 bits per heavy atom. The van der Waals surface area contributed by atoms with Crippen LogP contribution in [0.2, 0.25) is 5.02 Å². The summed E-state index contributed by atoms with van der Waals surface area (Å²) in [4.78, 5) is 21.9. The number of Topliss-reactive ketones (excluding diaryl/α,β-unsaturated/α-hetero) is 1. The van der Waals surface area contributed by atoms with Crippen LogP contribution >= 0.6 is 22.9 Å². The predicted molar refractivity (Wildman–Crippen MR) is 88.3 cm³/mol. The zero-order valence-corrected chi connectivity index (χ0v) is 13.7. The Morgan fingerprint density at radius 3 is 2.82 bits per heavy atom. The van der Waals surface area contributed by atoms with Gasteiger partial charge >= 0.3 is 0 Å². The number of hydrogen-bond donors (Lipinski definition) is 0. The third-order valence-corrected chi connectivity index (χ3v) is 4.72. The van der Waals surface area contributed by atoms with Gasteiger partial charge in [0.2, 0.25) is 5.88 Å². The lowest BCUT2D eigenvalue weighted by molar-refractivity contribution is 0.101. The van der Waals surface area contributed by atoms with Crippen molar-refractivity contribution in [3.8, 4) is 11.6 Å². The normalized spacial score (nSPS) is 10.9. The fourth-order valence-electron chi connectivity index (χ4n) is 2.05. The fourth-order valence-corrected chi connectivity index (χ4v) is 3.19. The number of fused-ring (bicyclic) bond motifs is 1. The molecular weight excluding hydrogens is 320 g/mol. The van der Waals surface area contributed by atoms with Crippen molar-refractivity contribution in [3.63, 3.8) is 0 Å². The summed E-state index contributed by atoms with van der Waals surface area (Å²) in [5, 5.41) is 1.25. The van der Waals surface area contributed by atoms with Crippen molar-refractivity contribution in [1.29, 1.82) is 0 Å². The highest BCUT2D eigenvalue weighted by Gasteiger charge is 2.12. The van der Waals surface area contributed by atoms with Crippen LogP contribution in [0.4, 0.5) is 0 Å². The summed E-state index contributed by atoms with van der Waals surface area (Å²) in [6, 6.07) is 7.00. The lowest BCUT2D eigenvalue weighted by Gasteiger charge is -2.08. The van der Waals surface area contributed by atoms with E-state index in [-0.39, 0.29) is 5.78 Å². The molecule has 0 atom stereocenters. The topological polar surface area (TPSA) is 52.1 Å². The van der Waals surface area contributed by atoms with E-state index in [1.54, 1.807) is 29.5 Å². The summed E-state index contributed by atoms with van der Waals surface area (Å²) >= 11 is 7.81. The number of carbonyl (C=O) groups excluding carboxylic acids is 1. The second kappa shape index (κ2) is 6.02. The van der Waals surface area contributed by atoms with Crippen LogP contribution in [0.3, 0.4) is 0 Å². The SMILES string of the molecule is CCc1cc2c(Oc3ccc(C(C)=O)cc3Cl)ncnc2s1. The molecule has 0 radical (unpaired) electrons. The van der Waals surface area contributed by atoms with Gasteiger partial charge in [-0.15, -0.1) is 11.3 Å². The number of ketones is 1. The van der Waals surface area contributed by atoms with Gasteiger partial charge in [-0.2, -0.15) is 0 Å². The number of rotatable bonds is 4. The quantitative estimate of drug-likeness (QED) is 0.637. The van der Waals surface area contributed by atoms with Crippen molar-refractivity contribution < 1.29 is 9.53 Å². The van der Waals surface area contributed by atoms with Gasteiger partial charge in [-0.05, 0) is 37.6 Å². The number of hydrogen-bond acceptors (Lipinski definition) is 5. The molecule has 2 aromatic heterocycles. The fraction of sp³-hybridized carbons (Fsp3) is 0.188. The predicted octanol–water partition coefficient (Wildman–Crippen LogP) is 4.90. The molecule has 4 nitrogen and oxygen atoms in total. The lowest BCUT2D eigenvalue weighted by Crippen LogP contribution is -1.94. The molecule has 0 saturated carbocycles. The third kappa shape index (κ3) is 2.82. The van der Waals surface area contributed by atoms with Gasteiger partial charge in [0.1, 0.15) is 16.9 Å². The number of aryl methyl sites for hydroxylation is 1. The maximum Gasteiger partial charge on any atom is 0.231 e. The molecule has 112 valence electrons. The minimum Gasteiger partial charge on any atom is -0.437 e. The van der Waals surface area contributed by atoms with Gasteiger partial charge < -0.3 is 4.74 Å². The Morgan fingerprint density at radius 2 is 2.14 bits per heavy atom. The lowest BCUT2D eigenvalue weighted by atomic mass is 10.1. The summed E-state index contributed by atoms with van der Waals surface area (Å²) in [7, 11) is 0. The van der Waals surface area contributed by atoms with Crippen molar-refractivity contribution in [2.24, 2.45) is 0 Å². The average molecular weight is 333 g/mol. The number of carbonyl (C=O) groups is 1. The molecule has 0 saturated heterocycles. The van der Waals surface area contributed by atoms with Crippen molar-refractivity contribution in [2.75, 3.05) is 0 Å². The molecule has 0 spiro atoms. The minimum atomic E-state index is -0.0386. The number of ether oxygens (including phenoxy) is 1. The Labute approximate surface area is 136 Å². The van der Waals surface area contributed by atoms with Gasteiger partial charge in [0, 0.05) is 10.4 Å². The molecule has 0 unspecified atom stereocenters. The van der Waals surface area contributed by atoms with Crippen LogP contribution in [-0.2, 0) is 6.42 Å². The van der Waals surface area contributed by atoms with E-state index < -0.39 is 0 Å². The largest absolute Gasteiger partial charge is 0.437 e. The van der Waals surface area contributed by atoms with Crippen LogP contribution in [-0.4, -0.2) is 15.8 Å². The summed E-state index contributed by atoms with van der Waals surface area (Å²) in [6.07, 6.45) is 2.42. The highest BCUT2D eigenvalue weighted by molar-refractivity contribution is 7.18. The Kier molecular flexibility index (Phi) is 4.09. The molecule has 22 heavy (non-hydrogen) atoms. The number of benzene rings is 1. The van der Waals surface area contributed by atoms with E-state index in [1.807, 2.05) is 6.07 Å². The Bertz CT molecular complexity index is 860. The highest BCUT2D eigenvalue weighted by Crippen LogP contribution is 2.35. The van der Waals surface area contributed by atoms with Crippen LogP contribution in [0.1, 0.15) is 29.1 Å². The highest BCUT2D eigenvalue weighted by atomic mass is 35.5. The molecule has 0 fully saturated rings. The van der Waals surface area contributed by atoms with Crippen LogP contribution in [0.15, 0.2) is 30.6 Å². The minimum absolute atomic E-state index is 0.0386. The molecule has 2 heterocycles. The van der Waals surface area contributed by atoms with Gasteiger partial charge in [0.25, 0.3) is 0 Å². The first-order valence-corrected chi connectivity index (χ1v) is 7.99. The second-order valence-corrected chi connectivity index (χ2v) is 6.29. The molecular formula is C16H13ClN2O2S. The molecule has 0 bridgehead atoms. The van der Waals surface area contributed by atoms with Gasteiger partial charge in [-0.25, -0.2) is 9.97 Å². The van der Waals surface area contributed by atoms with Gasteiger partial charge in [0.05, 0.1) is 10.4 Å². The summed E-state index contributed by atoms with van der Waals surface area (Å²) in [5.41, 5.74) is 0.550. The van der Waals surface area contributed by atoms with E-state index >= 15 is 0 Å². The van der Waals surface area contributed by atoms with Crippen LogP contribution < -0.4 is 4.74 Å². The van der Waals surface area contributed by atoms with Crippen molar-refractivity contribution in [2.45, 2.75) is 20.3 Å². The van der Waals surface area contributed by atoms with E-state index in [0.29, 0.717) is 22.2 Å². The van der Waals surface area contributed by atoms with Crippen molar-refractivity contribution >= 4 is 38.9 Å². The van der Waals surface area contributed by atoms with E-state index in [9.17, 15) is 4.79 Å². The molecule has 0 aliphatic rings. The van der Waals surface area contributed by atoms with Gasteiger partial charge in [0.15, 0.2) is 5.78 Å².